The second-order valence-corrected chi connectivity index (χ2v) is 7.94. The zero-order valence-corrected chi connectivity index (χ0v) is 14.9. The van der Waals surface area contributed by atoms with Gasteiger partial charge in [-0.15, -0.1) is 11.3 Å². The standard InChI is InChI=1S/C17H29N3OS/c1-17(2,8-9-20-12-10-19(3)11-13-20)18-16(21)7-6-15-5-4-14-22-15/h4-5,14H,6-13H2,1-3H3,(H,18,21). The van der Waals surface area contributed by atoms with Crippen LogP contribution in [0.4, 0.5) is 0 Å². The molecule has 4 nitrogen and oxygen atoms in total. The second kappa shape index (κ2) is 8.09. The van der Waals surface area contributed by atoms with Crippen LogP contribution in [0.5, 0.6) is 0 Å². The number of aryl methyl sites for hydroxylation is 1. The van der Waals surface area contributed by atoms with E-state index in [2.05, 4.69) is 47.5 Å². The maximum absolute atomic E-state index is 12.1. The summed E-state index contributed by atoms with van der Waals surface area (Å²) in [6.07, 6.45) is 2.43. The topological polar surface area (TPSA) is 35.6 Å². The van der Waals surface area contributed by atoms with Crippen molar-refractivity contribution in [2.75, 3.05) is 39.8 Å². The average molecular weight is 324 g/mol. The summed E-state index contributed by atoms with van der Waals surface area (Å²) in [7, 11) is 2.18. The SMILES string of the molecule is CN1CCN(CCC(C)(C)NC(=O)CCc2cccs2)CC1. The predicted octanol–water partition coefficient (Wildman–Crippen LogP) is 2.21. The molecule has 0 spiro atoms. The first-order valence-electron chi connectivity index (χ1n) is 8.19. The van der Waals surface area contributed by atoms with Crippen LogP contribution >= 0.6 is 11.3 Å². The molecule has 2 heterocycles. The Bertz CT molecular complexity index is 450. The first kappa shape index (κ1) is 17.4. The fourth-order valence-electron chi connectivity index (χ4n) is 2.70. The number of carbonyl (C=O) groups excluding carboxylic acids is 1. The number of rotatable bonds is 7. The molecular weight excluding hydrogens is 294 g/mol. The van der Waals surface area contributed by atoms with Gasteiger partial charge < -0.3 is 15.1 Å². The van der Waals surface area contributed by atoms with Gasteiger partial charge in [-0.25, -0.2) is 0 Å². The summed E-state index contributed by atoms with van der Waals surface area (Å²) in [5.74, 6) is 0.164. The summed E-state index contributed by atoms with van der Waals surface area (Å²) in [6, 6.07) is 4.13. The quantitative estimate of drug-likeness (QED) is 0.836. The number of thiophene rings is 1. The smallest absolute Gasteiger partial charge is 0.220 e. The molecule has 5 heteroatoms. The molecular formula is C17H29N3OS. The van der Waals surface area contributed by atoms with Crippen molar-refractivity contribution in [1.82, 2.24) is 15.1 Å². The Hall–Kier alpha value is -0.910. The van der Waals surface area contributed by atoms with Gasteiger partial charge in [0.25, 0.3) is 0 Å². The molecule has 0 saturated carbocycles. The van der Waals surface area contributed by atoms with E-state index in [-0.39, 0.29) is 11.4 Å². The molecule has 1 N–H and O–H groups in total. The van der Waals surface area contributed by atoms with E-state index in [0.717, 1.165) is 45.6 Å². The second-order valence-electron chi connectivity index (χ2n) is 6.91. The Kier molecular flexibility index (Phi) is 6.41. The Morgan fingerprint density at radius 2 is 2.05 bits per heavy atom. The zero-order valence-electron chi connectivity index (χ0n) is 14.1. The number of nitrogens with zero attached hydrogens (tertiary/aromatic N) is 2. The monoisotopic (exact) mass is 323 g/mol. The highest BCUT2D eigenvalue weighted by Gasteiger charge is 2.22. The normalized spacial score (nSPS) is 17.6. The van der Waals surface area contributed by atoms with Crippen molar-refractivity contribution in [1.29, 1.82) is 0 Å². The molecule has 1 amide bonds. The van der Waals surface area contributed by atoms with Crippen molar-refractivity contribution < 1.29 is 4.79 Å². The molecule has 1 fully saturated rings. The molecule has 0 aromatic carbocycles. The molecule has 1 aliphatic heterocycles. The maximum atomic E-state index is 12.1. The van der Waals surface area contributed by atoms with E-state index in [1.807, 2.05) is 6.07 Å². The van der Waals surface area contributed by atoms with Crippen LogP contribution in [0.1, 0.15) is 31.6 Å². The van der Waals surface area contributed by atoms with Gasteiger partial charge in [0.1, 0.15) is 0 Å². The molecule has 1 saturated heterocycles. The van der Waals surface area contributed by atoms with Crippen molar-refractivity contribution in [3.05, 3.63) is 22.4 Å². The molecule has 124 valence electrons. The number of carbonyl (C=O) groups is 1. The largest absolute Gasteiger partial charge is 0.351 e. The zero-order chi connectivity index (χ0) is 16.0. The summed E-state index contributed by atoms with van der Waals surface area (Å²) in [5, 5.41) is 5.26. The number of nitrogens with one attached hydrogen (secondary N) is 1. The van der Waals surface area contributed by atoms with Gasteiger partial charge in [0.05, 0.1) is 0 Å². The van der Waals surface area contributed by atoms with Crippen molar-refractivity contribution in [3.63, 3.8) is 0 Å². The van der Waals surface area contributed by atoms with Crippen LogP contribution in [0.3, 0.4) is 0 Å². The van der Waals surface area contributed by atoms with E-state index >= 15 is 0 Å². The van der Waals surface area contributed by atoms with Gasteiger partial charge in [0.2, 0.25) is 5.91 Å². The van der Waals surface area contributed by atoms with Gasteiger partial charge in [0.15, 0.2) is 0 Å². The van der Waals surface area contributed by atoms with Gasteiger partial charge in [0, 0.05) is 49.6 Å². The van der Waals surface area contributed by atoms with Crippen LogP contribution in [0.2, 0.25) is 0 Å². The third-order valence-electron chi connectivity index (χ3n) is 4.31. The number of piperazine rings is 1. The van der Waals surface area contributed by atoms with Crippen LogP contribution in [-0.2, 0) is 11.2 Å². The van der Waals surface area contributed by atoms with E-state index in [0.29, 0.717) is 6.42 Å². The number of hydrogen-bond acceptors (Lipinski definition) is 4. The predicted molar refractivity (Wildman–Crippen MR) is 93.4 cm³/mol. The number of amides is 1. The molecule has 2 rings (SSSR count). The first-order chi connectivity index (χ1) is 10.4. The molecule has 0 unspecified atom stereocenters. The van der Waals surface area contributed by atoms with Crippen LogP contribution in [0.25, 0.3) is 0 Å². The summed E-state index contributed by atoms with van der Waals surface area (Å²) < 4.78 is 0. The number of likely N-dealkylation sites (N-methyl/N-ethyl adjacent to an activating group) is 1. The van der Waals surface area contributed by atoms with Crippen molar-refractivity contribution >= 4 is 17.2 Å². The molecule has 0 bridgehead atoms. The van der Waals surface area contributed by atoms with E-state index in [1.165, 1.54) is 4.88 Å². The molecule has 1 aromatic rings. The lowest BCUT2D eigenvalue weighted by atomic mass is 9.99. The lowest BCUT2D eigenvalue weighted by Gasteiger charge is -2.35. The van der Waals surface area contributed by atoms with Crippen LogP contribution in [0.15, 0.2) is 17.5 Å². The lowest BCUT2D eigenvalue weighted by molar-refractivity contribution is -0.122. The maximum Gasteiger partial charge on any atom is 0.220 e. The van der Waals surface area contributed by atoms with E-state index in [1.54, 1.807) is 11.3 Å². The third-order valence-corrected chi connectivity index (χ3v) is 5.24. The van der Waals surface area contributed by atoms with Crippen molar-refractivity contribution in [2.45, 2.75) is 38.6 Å². The highest BCUT2D eigenvalue weighted by Crippen LogP contribution is 2.14. The fraction of sp³-hybridized carbons (Fsp3) is 0.706. The molecule has 0 radical (unpaired) electrons. The minimum absolute atomic E-state index is 0.129. The Labute approximate surface area is 138 Å². The van der Waals surface area contributed by atoms with Crippen LogP contribution in [0, 0.1) is 0 Å². The number of hydrogen-bond donors (Lipinski definition) is 1. The van der Waals surface area contributed by atoms with Crippen molar-refractivity contribution in [3.8, 4) is 0 Å². The van der Waals surface area contributed by atoms with Gasteiger partial charge in [-0.2, -0.15) is 0 Å². The summed E-state index contributed by atoms with van der Waals surface area (Å²) in [5.41, 5.74) is -0.129. The molecule has 0 atom stereocenters. The minimum atomic E-state index is -0.129. The highest BCUT2D eigenvalue weighted by molar-refractivity contribution is 7.09. The molecule has 1 aromatic heterocycles. The van der Waals surface area contributed by atoms with E-state index in [9.17, 15) is 4.79 Å². The molecule has 22 heavy (non-hydrogen) atoms. The lowest BCUT2D eigenvalue weighted by Crippen LogP contribution is -2.49. The average Bonchev–Trinajstić information content (AvgIpc) is 2.97. The fourth-order valence-corrected chi connectivity index (χ4v) is 3.41. The van der Waals surface area contributed by atoms with Gasteiger partial charge in [-0.05, 0) is 45.2 Å². The summed E-state index contributed by atoms with van der Waals surface area (Å²) >= 11 is 1.72. The Morgan fingerprint density at radius 1 is 1.32 bits per heavy atom. The van der Waals surface area contributed by atoms with E-state index in [4.69, 9.17) is 0 Å². The van der Waals surface area contributed by atoms with Crippen LogP contribution < -0.4 is 5.32 Å². The highest BCUT2D eigenvalue weighted by atomic mass is 32.1. The third kappa shape index (κ3) is 6.07. The molecule has 0 aliphatic carbocycles. The van der Waals surface area contributed by atoms with Crippen molar-refractivity contribution in [2.24, 2.45) is 0 Å². The van der Waals surface area contributed by atoms with Crippen LogP contribution in [-0.4, -0.2) is 61.0 Å². The summed E-state index contributed by atoms with van der Waals surface area (Å²) in [6.45, 7) is 9.89. The van der Waals surface area contributed by atoms with Gasteiger partial charge in [-0.3, -0.25) is 4.79 Å². The Balaban J connectivity index is 1.67. The first-order valence-corrected chi connectivity index (χ1v) is 9.07. The van der Waals surface area contributed by atoms with E-state index < -0.39 is 0 Å². The minimum Gasteiger partial charge on any atom is -0.351 e. The Morgan fingerprint density at radius 3 is 2.68 bits per heavy atom. The van der Waals surface area contributed by atoms with Gasteiger partial charge >= 0.3 is 0 Å². The van der Waals surface area contributed by atoms with Gasteiger partial charge in [-0.1, -0.05) is 6.07 Å². The summed E-state index contributed by atoms with van der Waals surface area (Å²) in [4.78, 5) is 18.3. The molecule has 1 aliphatic rings.